The molecule has 11 nitrogen and oxygen atoms in total. The van der Waals surface area contributed by atoms with Crippen molar-refractivity contribution in [1.29, 1.82) is 0 Å². The molecular weight excluding hydrogens is 489 g/mol. The van der Waals surface area contributed by atoms with Crippen molar-refractivity contribution in [2.75, 3.05) is 50.7 Å². The van der Waals surface area contributed by atoms with Gasteiger partial charge in [0.2, 0.25) is 6.29 Å². The molecule has 4 aliphatic heterocycles. The number of anilines is 1. The quantitative estimate of drug-likeness (QED) is 0.560. The topological polar surface area (TPSA) is 100 Å². The van der Waals surface area contributed by atoms with Crippen LogP contribution >= 0.6 is 0 Å². The standard InChI is InChI=1S/C26H30FN9O2/c27-19-5-7-20(8-6-19)32-12-9-31(10-13-32)11-14-33-25-30-24-23(36(25)35(26(33)37)16-18-3-4-18)22(29-17-34(24)28)21-2-1-15-38-21/h1-2,5-8,15,17-18,25H,3-4,9-14,16,28H2. The van der Waals surface area contributed by atoms with E-state index in [1.165, 1.54) is 23.5 Å². The van der Waals surface area contributed by atoms with E-state index in [0.29, 0.717) is 42.0 Å². The molecule has 1 unspecified atom stereocenters. The Balaban J connectivity index is 1.09. The Morgan fingerprint density at radius 3 is 2.55 bits per heavy atom. The largest absolute Gasteiger partial charge is 0.463 e. The minimum atomic E-state index is -0.510. The van der Waals surface area contributed by atoms with E-state index in [2.05, 4.69) is 14.8 Å². The molecule has 0 spiro atoms. The molecule has 5 aliphatic rings. The van der Waals surface area contributed by atoms with Gasteiger partial charge in [-0.25, -0.2) is 40.0 Å². The summed E-state index contributed by atoms with van der Waals surface area (Å²) in [5, 5.41) is 5.18. The number of furan rings is 1. The number of nitrogens with zero attached hydrogens (tertiary/aromatic N) is 8. The average Bonchev–Trinajstić information content (AvgIpc) is 3.31. The van der Waals surface area contributed by atoms with Crippen LogP contribution in [-0.2, 0) is 0 Å². The van der Waals surface area contributed by atoms with Gasteiger partial charge in [-0.3, -0.25) is 9.80 Å². The summed E-state index contributed by atoms with van der Waals surface area (Å²) in [6, 6.07) is 10.3. The molecule has 2 aromatic rings. The fourth-order valence-corrected chi connectivity index (χ4v) is 5.52. The maximum atomic E-state index is 13.7. The van der Waals surface area contributed by atoms with E-state index >= 15 is 0 Å². The molecule has 0 radical (unpaired) electrons. The van der Waals surface area contributed by atoms with Crippen molar-refractivity contribution in [3.05, 3.63) is 59.9 Å². The number of rotatable bonds is 7. The summed E-state index contributed by atoms with van der Waals surface area (Å²) < 4.78 is 19.0. The molecule has 2 saturated heterocycles. The highest BCUT2D eigenvalue weighted by molar-refractivity contribution is 6.12. The molecule has 3 fully saturated rings. The lowest BCUT2D eigenvalue weighted by Gasteiger charge is -2.36. The van der Waals surface area contributed by atoms with Crippen molar-refractivity contribution in [2.24, 2.45) is 21.7 Å². The van der Waals surface area contributed by atoms with Crippen LogP contribution in [0.4, 0.5) is 14.9 Å². The third-order valence-corrected chi connectivity index (χ3v) is 7.79. The zero-order chi connectivity index (χ0) is 25.8. The molecule has 38 heavy (non-hydrogen) atoms. The Morgan fingerprint density at radius 2 is 1.84 bits per heavy atom. The van der Waals surface area contributed by atoms with E-state index in [-0.39, 0.29) is 11.8 Å². The number of hydrazine groups is 2. The molecule has 198 valence electrons. The Kier molecular flexibility index (Phi) is 5.59. The lowest BCUT2D eigenvalue weighted by Crippen LogP contribution is -2.49. The summed E-state index contributed by atoms with van der Waals surface area (Å²) in [6.07, 6.45) is 4.87. The maximum absolute atomic E-state index is 13.7. The number of piperazine rings is 1. The number of urea groups is 1. The number of halogens is 1. The van der Waals surface area contributed by atoms with Gasteiger partial charge < -0.3 is 9.32 Å². The number of amidine groups is 1. The second-order valence-electron chi connectivity index (χ2n) is 10.3. The maximum Gasteiger partial charge on any atom is 0.342 e. The molecule has 1 atom stereocenters. The van der Waals surface area contributed by atoms with Gasteiger partial charge in [0.15, 0.2) is 11.6 Å². The fraction of sp³-hybridized carbons (Fsp3) is 0.423. The number of benzene rings is 1. The molecule has 0 bridgehead atoms. The summed E-state index contributed by atoms with van der Waals surface area (Å²) in [7, 11) is 0. The molecule has 1 saturated carbocycles. The van der Waals surface area contributed by atoms with Crippen molar-refractivity contribution < 1.29 is 13.6 Å². The van der Waals surface area contributed by atoms with Crippen molar-refractivity contribution in [2.45, 2.75) is 19.1 Å². The molecule has 1 aromatic carbocycles. The molecule has 2 N–H and O–H groups in total. The van der Waals surface area contributed by atoms with Gasteiger partial charge >= 0.3 is 6.03 Å². The zero-order valence-electron chi connectivity index (χ0n) is 21.0. The van der Waals surface area contributed by atoms with Gasteiger partial charge in [0.05, 0.1) is 6.26 Å². The van der Waals surface area contributed by atoms with Crippen LogP contribution < -0.4 is 10.7 Å². The SMILES string of the molecule is NN1C=NC(c2ccco2)=C2C1=NC1N(CCN3CCN(c4ccc(F)cc4)CC3)C(=O)N(CC3CC3)N21. The first kappa shape index (κ1) is 23.2. The number of hydrogen-bond acceptors (Lipinski definition) is 9. The van der Waals surface area contributed by atoms with Crippen LogP contribution in [0.2, 0.25) is 0 Å². The molecule has 1 aromatic heterocycles. The number of carbonyl (C=O) groups is 1. The van der Waals surface area contributed by atoms with Crippen LogP contribution in [0.5, 0.6) is 0 Å². The number of fused-ring (bicyclic) bond motifs is 3. The van der Waals surface area contributed by atoms with E-state index < -0.39 is 6.29 Å². The normalized spacial score (nSPS) is 23.5. The second kappa shape index (κ2) is 9.14. The Bertz CT molecular complexity index is 1300. The molecule has 7 rings (SSSR count). The number of amides is 2. The predicted molar refractivity (Wildman–Crippen MR) is 140 cm³/mol. The summed E-state index contributed by atoms with van der Waals surface area (Å²) in [5.74, 6) is 7.70. The fourth-order valence-electron chi connectivity index (χ4n) is 5.52. The van der Waals surface area contributed by atoms with Crippen molar-refractivity contribution >= 4 is 29.6 Å². The highest BCUT2D eigenvalue weighted by Crippen LogP contribution is 2.41. The van der Waals surface area contributed by atoms with Crippen LogP contribution in [0.15, 0.2) is 62.8 Å². The van der Waals surface area contributed by atoms with E-state index in [1.807, 2.05) is 39.2 Å². The Morgan fingerprint density at radius 1 is 1.05 bits per heavy atom. The number of nitrogens with two attached hydrogens (primary N) is 1. The second-order valence-corrected chi connectivity index (χ2v) is 10.3. The van der Waals surface area contributed by atoms with Crippen LogP contribution in [0, 0.1) is 11.7 Å². The van der Waals surface area contributed by atoms with Crippen LogP contribution in [0.1, 0.15) is 18.6 Å². The van der Waals surface area contributed by atoms with Gasteiger partial charge in [-0.05, 0) is 55.2 Å². The minimum Gasteiger partial charge on any atom is -0.463 e. The lowest BCUT2D eigenvalue weighted by atomic mass is 10.2. The number of hydrogen-bond donors (Lipinski definition) is 1. The van der Waals surface area contributed by atoms with Crippen molar-refractivity contribution in [3.63, 3.8) is 0 Å². The first-order chi connectivity index (χ1) is 18.6. The van der Waals surface area contributed by atoms with E-state index in [1.54, 1.807) is 6.26 Å². The number of aliphatic imine (C=N–C) groups is 2. The van der Waals surface area contributed by atoms with Gasteiger partial charge in [-0.15, -0.1) is 0 Å². The first-order valence-electron chi connectivity index (χ1n) is 13.1. The van der Waals surface area contributed by atoms with Gasteiger partial charge in [0.25, 0.3) is 0 Å². The average molecular weight is 520 g/mol. The zero-order valence-corrected chi connectivity index (χ0v) is 21.0. The van der Waals surface area contributed by atoms with Gasteiger partial charge in [-0.2, -0.15) is 0 Å². The summed E-state index contributed by atoms with van der Waals surface area (Å²) in [4.78, 5) is 29.6. The first-order valence-corrected chi connectivity index (χ1v) is 13.1. The van der Waals surface area contributed by atoms with E-state index in [0.717, 1.165) is 51.3 Å². The summed E-state index contributed by atoms with van der Waals surface area (Å²) >= 11 is 0. The van der Waals surface area contributed by atoms with Gasteiger partial charge in [0, 0.05) is 51.5 Å². The van der Waals surface area contributed by atoms with Gasteiger partial charge in [-0.1, -0.05) is 0 Å². The van der Waals surface area contributed by atoms with Crippen LogP contribution in [0.3, 0.4) is 0 Å². The highest BCUT2D eigenvalue weighted by atomic mass is 19.1. The molecule has 5 heterocycles. The molecule has 12 heteroatoms. The Labute approximate surface area is 219 Å². The third-order valence-electron chi connectivity index (χ3n) is 7.79. The van der Waals surface area contributed by atoms with Crippen LogP contribution in [0.25, 0.3) is 5.70 Å². The summed E-state index contributed by atoms with van der Waals surface area (Å²) in [5.41, 5.74) is 2.34. The van der Waals surface area contributed by atoms with Crippen molar-refractivity contribution in [1.82, 2.24) is 24.8 Å². The molecule has 2 amide bonds. The third kappa shape index (κ3) is 4.00. The monoisotopic (exact) mass is 519 g/mol. The highest BCUT2D eigenvalue weighted by Gasteiger charge is 2.53. The van der Waals surface area contributed by atoms with E-state index in [9.17, 15) is 9.18 Å². The lowest BCUT2D eigenvalue weighted by molar-refractivity contribution is 0.0582. The Hall–Kier alpha value is -3.90. The summed E-state index contributed by atoms with van der Waals surface area (Å²) in [6.45, 7) is 5.37. The predicted octanol–water partition coefficient (Wildman–Crippen LogP) is 2.19. The molecular formula is C26H30FN9O2. The van der Waals surface area contributed by atoms with Crippen LogP contribution in [-0.4, -0.2) is 95.1 Å². The molecule has 1 aliphatic carbocycles. The van der Waals surface area contributed by atoms with Crippen molar-refractivity contribution in [3.8, 4) is 0 Å². The van der Waals surface area contributed by atoms with E-state index in [4.69, 9.17) is 15.3 Å². The smallest absolute Gasteiger partial charge is 0.342 e. The number of carbonyl (C=O) groups excluding carboxylic acids is 1. The van der Waals surface area contributed by atoms with Gasteiger partial charge in [0.1, 0.15) is 23.5 Å². The minimum absolute atomic E-state index is 0.0425.